The summed E-state index contributed by atoms with van der Waals surface area (Å²) in [4.78, 5) is 11.8. The molecule has 4 heteroatoms. The molecule has 0 aliphatic carbocycles. The van der Waals surface area contributed by atoms with Crippen molar-refractivity contribution in [2.75, 3.05) is 6.54 Å². The lowest BCUT2D eigenvalue weighted by molar-refractivity contribution is -0.123. The Hall–Kier alpha value is -1.42. The van der Waals surface area contributed by atoms with Gasteiger partial charge >= 0.3 is 0 Å². The molecule has 2 N–H and O–H groups in total. The summed E-state index contributed by atoms with van der Waals surface area (Å²) >= 11 is 0. The third kappa shape index (κ3) is 4.93. The van der Waals surface area contributed by atoms with Gasteiger partial charge in [-0.1, -0.05) is 39.8 Å². The van der Waals surface area contributed by atoms with Gasteiger partial charge in [-0.2, -0.15) is 0 Å². The first-order chi connectivity index (χ1) is 9.22. The van der Waals surface area contributed by atoms with Gasteiger partial charge in [-0.15, -0.1) is 0 Å². The van der Waals surface area contributed by atoms with Crippen molar-refractivity contribution in [1.29, 1.82) is 0 Å². The average Bonchev–Trinajstić information content (AvgIpc) is 2.37. The highest BCUT2D eigenvalue weighted by molar-refractivity contribution is 5.76. The van der Waals surface area contributed by atoms with Gasteiger partial charge in [-0.05, 0) is 23.6 Å². The van der Waals surface area contributed by atoms with Crippen LogP contribution in [0.3, 0.4) is 0 Å². The number of benzene rings is 1. The van der Waals surface area contributed by atoms with Gasteiger partial charge < -0.3 is 10.4 Å². The molecule has 3 nitrogen and oxygen atoms in total. The first kappa shape index (κ1) is 16.6. The minimum absolute atomic E-state index is 0.0610. The van der Waals surface area contributed by atoms with Crippen molar-refractivity contribution in [2.45, 2.75) is 45.6 Å². The normalized spacial score (nSPS) is 13.3. The number of nitrogens with one attached hydrogen (secondary N) is 1. The first-order valence-electron chi connectivity index (χ1n) is 6.93. The summed E-state index contributed by atoms with van der Waals surface area (Å²) in [5.41, 5.74) is 0.676. The maximum atomic E-state index is 12.9. The zero-order chi connectivity index (χ0) is 15.3. The molecule has 1 rings (SSSR count). The number of amides is 1. The summed E-state index contributed by atoms with van der Waals surface area (Å²) in [7, 11) is 0. The van der Waals surface area contributed by atoms with Crippen molar-refractivity contribution in [1.82, 2.24) is 5.32 Å². The second-order valence-corrected chi connectivity index (χ2v) is 6.18. The summed E-state index contributed by atoms with van der Waals surface area (Å²) in [5, 5.41) is 12.5. The van der Waals surface area contributed by atoms with Crippen LogP contribution in [0.2, 0.25) is 0 Å². The van der Waals surface area contributed by atoms with Crippen LogP contribution in [0, 0.1) is 11.7 Å². The van der Waals surface area contributed by atoms with Gasteiger partial charge in [0.1, 0.15) is 5.82 Å². The second kappa shape index (κ2) is 6.84. The van der Waals surface area contributed by atoms with E-state index in [1.165, 1.54) is 12.1 Å². The molecule has 1 amide bonds. The molecule has 0 spiro atoms. The molecule has 0 aliphatic rings. The summed E-state index contributed by atoms with van der Waals surface area (Å²) in [6.07, 6.45) is -0.513. The minimum Gasteiger partial charge on any atom is -0.392 e. The number of halogens is 1. The van der Waals surface area contributed by atoms with Crippen LogP contribution < -0.4 is 5.32 Å². The molecule has 0 saturated carbocycles. The Kier molecular flexibility index (Phi) is 5.69. The van der Waals surface area contributed by atoms with E-state index in [9.17, 15) is 14.3 Å². The SMILES string of the molecule is CC(C)C(O)CC(=O)NCC(C)(C)c1ccc(F)cc1. The topological polar surface area (TPSA) is 49.3 Å². The van der Waals surface area contributed by atoms with E-state index in [1.54, 1.807) is 12.1 Å². The van der Waals surface area contributed by atoms with E-state index in [0.29, 0.717) is 6.54 Å². The lowest BCUT2D eigenvalue weighted by Gasteiger charge is -2.26. The zero-order valence-electron chi connectivity index (χ0n) is 12.6. The Morgan fingerprint density at radius 3 is 2.35 bits per heavy atom. The molecule has 0 fully saturated rings. The number of hydrogen-bond acceptors (Lipinski definition) is 2. The molecule has 112 valence electrons. The summed E-state index contributed by atoms with van der Waals surface area (Å²) < 4.78 is 12.9. The molecule has 0 saturated heterocycles. The molecule has 0 aliphatic heterocycles. The number of carbonyl (C=O) groups excluding carboxylic acids is 1. The van der Waals surface area contributed by atoms with E-state index >= 15 is 0 Å². The highest BCUT2D eigenvalue weighted by Gasteiger charge is 2.22. The van der Waals surface area contributed by atoms with E-state index in [4.69, 9.17) is 0 Å². The van der Waals surface area contributed by atoms with E-state index in [-0.39, 0.29) is 29.5 Å². The molecule has 1 unspecified atom stereocenters. The van der Waals surface area contributed by atoms with Crippen LogP contribution in [0.5, 0.6) is 0 Å². The van der Waals surface area contributed by atoms with E-state index in [0.717, 1.165) is 5.56 Å². The molecular formula is C16H24FNO2. The summed E-state index contributed by atoms with van der Waals surface area (Å²) in [6.45, 7) is 8.17. The number of aliphatic hydroxyl groups excluding tert-OH is 1. The fourth-order valence-electron chi connectivity index (χ4n) is 1.82. The standard InChI is InChI=1S/C16H24FNO2/c1-11(2)14(19)9-15(20)18-10-16(3,4)12-5-7-13(17)8-6-12/h5-8,11,14,19H,9-10H2,1-4H3,(H,18,20). The van der Waals surface area contributed by atoms with E-state index in [1.807, 2.05) is 27.7 Å². The van der Waals surface area contributed by atoms with Crippen molar-refractivity contribution in [3.8, 4) is 0 Å². The number of aliphatic hydroxyl groups is 1. The third-order valence-electron chi connectivity index (χ3n) is 3.52. The number of carbonyl (C=O) groups is 1. The van der Waals surface area contributed by atoms with Crippen molar-refractivity contribution >= 4 is 5.91 Å². The van der Waals surface area contributed by atoms with Crippen LogP contribution in [0.15, 0.2) is 24.3 Å². The quantitative estimate of drug-likeness (QED) is 0.842. The second-order valence-electron chi connectivity index (χ2n) is 6.18. The van der Waals surface area contributed by atoms with Gasteiger partial charge in [0.25, 0.3) is 0 Å². The van der Waals surface area contributed by atoms with Crippen molar-refractivity contribution in [3.63, 3.8) is 0 Å². The van der Waals surface area contributed by atoms with E-state index in [2.05, 4.69) is 5.32 Å². The smallest absolute Gasteiger partial charge is 0.222 e. The lowest BCUT2D eigenvalue weighted by Crippen LogP contribution is -2.38. The molecule has 20 heavy (non-hydrogen) atoms. The Labute approximate surface area is 120 Å². The van der Waals surface area contributed by atoms with Crippen LogP contribution in [0.25, 0.3) is 0 Å². The van der Waals surface area contributed by atoms with Gasteiger partial charge in [-0.25, -0.2) is 4.39 Å². The van der Waals surface area contributed by atoms with Crippen molar-refractivity contribution in [2.24, 2.45) is 5.92 Å². The zero-order valence-corrected chi connectivity index (χ0v) is 12.6. The molecule has 1 atom stereocenters. The number of rotatable bonds is 6. The minimum atomic E-state index is -0.621. The number of hydrogen-bond donors (Lipinski definition) is 2. The predicted octanol–water partition coefficient (Wildman–Crippen LogP) is 2.63. The molecule has 0 heterocycles. The fourth-order valence-corrected chi connectivity index (χ4v) is 1.82. The van der Waals surface area contributed by atoms with Gasteiger partial charge in [0, 0.05) is 12.0 Å². The molecule has 0 aromatic heterocycles. The molecule has 0 bridgehead atoms. The summed E-state index contributed by atoms with van der Waals surface area (Å²) in [6, 6.07) is 6.29. The summed E-state index contributed by atoms with van der Waals surface area (Å²) in [5.74, 6) is -0.374. The Morgan fingerprint density at radius 1 is 1.30 bits per heavy atom. The van der Waals surface area contributed by atoms with Crippen LogP contribution in [-0.4, -0.2) is 23.7 Å². The molecule has 1 aromatic rings. The molecular weight excluding hydrogens is 257 g/mol. The van der Waals surface area contributed by atoms with Gasteiger partial charge in [0.15, 0.2) is 0 Å². The molecule has 0 radical (unpaired) electrons. The van der Waals surface area contributed by atoms with Gasteiger partial charge in [-0.3, -0.25) is 4.79 Å². The van der Waals surface area contributed by atoms with Crippen molar-refractivity contribution in [3.05, 3.63) is 35.6 Å². The van der Waals surface area contributed by atoms with Gasteiger partial charge in [0.05, 0.1) is 12.5 Å². The monoisotopic (exact) mass is 281 g/mol. The molecule has 1 aromatic carbocycles. The Morgan fingerprint density at radius 2 is 1.85 bits per heavy atom. The maximum Gasteiger partial charge on any atom is 0.222 e. The van der Waals surface area contributed by atoms with Crippen LogP contribution >= 0.6 is 0 Å². The van der Waals surface area contributed by atoms with E-state index < -0.39 is 6.10 Å². The first-order valence-corrected chi connectivity index (χ1v) is 6.93. The van der Waals surface area contributed by atoms with Gasteiger partial charge in [0.2, 0.25) is 5.91 Å². The average molecular weight is 281 g/mol. The fraction of sp³-hybridized carbons (Fsp3) is 0.562. The lowest BCUT2D eigenvalue weighted by atomic mass is 9.84. The highest BCUT2D eigenvalue weighted by atomic mass is 19.1. The maximum absolute atomic E-state index is 12.9. The highest BCUT2D eigenvalue weighted by Crippen LogP contribution is 2.22. The Balaban J connectivity index is 2.55. The van der Waals surface area contributed by atoms with Crippen LogP contribution in [0.4, 0.5) is 4.39 Å². The van der Waals surface area contributed by atoms with Crippen LogP contribution in [-0.2, 0) is 10.2 Å². The van der Waals surface area contributed by atoms with Crippen molar-refractivity contribution < 1.29 is 14.3 Å². The third-order valence-corrected chi connectivity index (χ3v) is 3.52. The predicted molar refractivity (Wildman–Crippen MR) is 77.9 cm³/mol. The Bertz CT molecular complexity index is 440. The van der Waals surface area contributed by atoms with Crippen LogP contribution in [0.1, 0.15) is 39.7 Å². The largest absolute Gasteiger partial charge is 0.392 e.